The lowest BCUT2D eigenvalue weighted by molar-refractivity contribution is 0.174. The molecule has 1 aliphatic rings. The van der Waals surface area contributed by atoms with Crippen LogP contribution in [0.1, 0.15) is 16.3 Å². The zero-order chi connectivity index (χ0) is 14.1. The summed E-state index contributed by atoms with van der Waals surface area (Å²) < 4.78 is 11.5. The number of nitriles is 1. The van der Waals surface area contributed by atoms with Crippen LogP contribution in [0.25, 0.3) is 11.6 Å². The van der Waals surface area contributed by atoms with E-state index in [4.69, 9.17) is 9.47 Å². The van der Waals surface area contributed by atoms with Gasteiger partial charge in [-0.15, -0.1) is 11.3 Å². The molecule has 0 saturated heterocycles. The van der Waals surface area contributed by atoms with Crippen LogP contribution in [0.4, 0.5) is 0 Å². The first-order chi connectivity index (χ1) is 9.67. The number of aryl methyl sites for hydroxylation is 1. The fourth-order valence-corrected chi connectivity index (χ4v) is 3.02. The molecule has 0 fully saturated rings. The lowest BCUT2D eigenvalue weighted by atomic mass is 10.1. The molecule has 0 aliphatic carbocycles. The lowest BCUT2D eigenvalue weighted by Gasteiger charge is -2.02. The van der Waals surface area contributed by atoms with Crippen LogP contribution in [0.15, 0.2) is 22.0 Å². The molecule has 0 saturated carbocycles. The van der Waals surface area contributed by atoms with Crippen LogP contribution in [0, 0.1) is 18.3 Å². The van der Waals surface area contributed by atoms with Gasteiger partial charge in [0.1, 0.15) is 11.1 Å². The minimum atomic E-state index is 0.228. The normalized spacial score (nSPS) is 13.3. The number of nitrogens with zero attached hydrogens (tertiary/aromatic N) is 2. The molecule has 100 valence electrons. The fourth-order valence-electron chi connectivity index (χ4n) is 1.82. The van der Waals surface area contributed by atoms with E-state index >= 15 is 0 Å². The molecule has 6 heteroatoms. The number of allylic oxidation sites excluding steroid dienone is 1. The van der Waals surface area contributed by atoms with Gasteiger partial charge in [0.2, 0.25) is 6.79 Å². The van der Waals surface area contributed by atoms with Gasteiger partial charge in [0, 0.05) is 15.5 Å². The van der Waals surface area contributed by atoms with E-state index in [1.54, 1.807) is 6.08 Å². The average molecular weight is 349 g/mol. The summed E-state index contributed by atoms with van der Waals surface area (Å²) in [6, 6.07) is 5.89. The van der Waals surface area contributed by atoms with E-state index in [0.717, 1.165) is 20.7 Å². The molecule has 2 heterocycles. The Morgan fingerprint density at radius 1 is 1.45 bits per heavy atom. The SMILES string of the molecule is Cc1csc(/C(C#N)=C\c2cc3c(cc2Br)OCO3)n1. The maximum absolute atomic E-state index is 9.31. The predicted molar refractivity (Wildman–Crippen MR) is 80.6 cm³/mol. The number of rotatable bonds is 2. The van der Waals surface area contributed by atoms with Crippen LogP contribution in [-0.4, -0.2) is 11.8 Å². The smallest absolute Gasteiger partial charge is 0.231 e. The molecule has 4 nitrogen and oxygen atoms in total. The van der Waals surface area contributed by atoms with Gasteiger partial charge in [-0.1, -0.05) is 15.9 Å². The number of hydrogen-bond donors (Lipinski definition) is 0. The Hall–Kier alpha value is -1.84. The Morgan fingerprint density at radius 2 is 2.20 bits per heavy atom. The maximum atomic E-state index is 9.31. The van der Waals surface area contributed by atoms with Crippen LogP contribution in [-0.2, 0) is 0 Å². The molecule has 1 aromatic carbocycles. The van der Waals surface area contributed by atoms with Crippen molar-refractivity contribution in [3.05, 3.63) is 38.3 Å². The van der Waals surface area contributed by atoms with Gasteiger partial charge in [-0.3, -0.25) is 0 Å². The molecule has 0 radical (unpaired) electrons. The maximum Gasteiger partial charge on any atom is 0.231 e. The van der Waals surface area contributed by atoms with E-state index in [9.17, 15) is 5.26 Å². The van der Waals surface area contributed by atoms with Crippen molar-refractivity contribution in [3.63, 3.8) is 0 Å². The number of benzene rings is 1. The first-order valence-corrected chi connectivity index (χ1v) is 7.48. The van der Waals surface area contributed by atoms with Crippen molar-refractivity contribution in [3.8, 4) is 17.6 Å². The average Bonchev–Trinajstić information content (AvgIpc) is 3.04. The second kappa shape index (κ2) is 5.27. The third-order valence-electron chi connectivity index (χ3n) is 2.76. The topological polar surface area (TPSA) is 55.1 Å². The Balaban J connectivity index is 2.04. The van der Waals surface area contributed by atoms with Crippen molar-refractivity contribution in [1.82, 2.24) is 4.98 Å². The molecule has 0 N–H and O–H groups in total. The minimum Gasteiger partial charge on any atom is -0.454 e. The first kappa shape index (κ1) is 13.2. The summed E-state index contributed by atoms with van der Waals surface area (Å²) in [5.41, 5.74) is 2.30. The first-order valence-electron chi connectivity index (χ1n) is 5.81. The Kier molecular flexibility index (Phi) is 3.47. The molecule has 3 rings (SSSR count). The Morgan fingerprint density at radius 3 is 2.85 bits per heavy atom. The van der Waals surface area contributed by atoms with Gasteiger partial charge in [0.25, 0.3) is 0 Å². The largest absolute Gasteiger partial charge is 0.454 e. The van der Waals surface area contributed by atoms with Crippen LogP contribution >= 0.6 is 27.3 Å². The molecule has 0 spiro atoms. The van der Waals surface area contributed by atoms with E-state index in [-0.39, 0.29) is 6.79 Å². The second-order valence-corrected chi connectivity index (χ2v) is 5.90. The highest BCUT2D eigenvalue weighted by atomic mass is 79.9. The molecule has 0 amide bonds. The third kappa shape index (κ3) is 2.42. The summed E-state index contributed by atoms with van der Waals surface area (Å²) in [5, 5.41) is 12.0. The molecule has 0 unspecified atom stereocenters. The van der Waals surface area contributed by atoms with Gasteiger partial charge in [-0.25, -0.2) is 4.98 Å². The van der Waals surface area contributed by atoms with Gasteiger partial charge in [0.05, 0.1) is 5.57 Å². The highest BCUT2D eigenvalue weighted by Crippen LogP contribution is 2.38. The highest BCUT2D eigenvalue weighted by molar-refractivity contribution is 9.10. The molecular weight excluding hydrogens is 340 g/mol. The number of thiazole rings is 1. The monoisotopic (exact) mass is 348 g/mol. The van der Waals surface area contributed by atoms with Crippen LogP contribution in [0.3, 0.4) is 0 Å². The van der Waals surface area contributed by atoms with Crippen molar-refractivity contribution in [1.29, 1.82) is 5.26 Å². The lowest BCUT2D eigenvalue weighted by Crippen LogP contribution is -1.92. The Bertz CT molecular complexity index is 746. The zero-order valence-corrected chi connectivity index (χ0v) is 12.9. The van der Waals surface area contributed by atoms with Crippen LogP contribution in [0.2, 0.25) is 0 Å². The van der Waals surface area contributed by atoms with Gasteiger partial charge in [0.15, 0.2) is 11.5 Å². The number of aromatic nitrogens is 1. The summed E-state index contributed by atoms with van der Waals surface area (Å²) >= 11 is 4.94. The fraction of sp³-hybridized carbons (Fsp3) is 0.143. The Labute approximate surface area is 128 Å². The van der Waals surface area contributed by atoms with Crippen molar-refractivity contribution in [2.24, 2.45) is 0 Å². The van der Waals surface area contributed by atoms with E-state index in [2.05, 4.69) is 27.0 Å². The van der Waals surface area contributed by atoms with E-state index in [0.29, 0.717) is 17.1 Å². The number of fused-ring (bicyclic) bond motifs is 1. The van der Waals surface area contributed by atoms with Gasteiger partial charge in [-0.2, -0.15) is 5.26 Å². The molecule has 1 aromatic heterocycles. The van der Waals surface area contributed by atoms with Crippen molar-refractivity contribution >= 4 is 38.9 Å². The summed E-state index contributed by atoms with van der Waals surface area (Å²) in [6.07, 6.45) is 1.80. The molecule has 0 bridgehead atoms. The molecule has 2 aromatic rings. The van der Waals surface area contributed by atoms with Crippen LogP contribution < -0.4 is 9.47 Å². The standard InChI is InChI=1S/C14H9BrN2O2S/c1-8-6-20-14(17-8)10(5-16)2-9-3-12-13(4-11(9)15)19-7-18-12/h2-4,6H,7H2,1H3/b10-2-. The summed E-state index contributed by atoms with van der Waals surface area (Å²) in [6.45, 7) is 2.14. The number of hydrogen-bond acceptors (Lipinski definition) is 5. The summed E-state index contributed by atoms with van der Waals surface area (Å²) in [4.78, 5) is 4.34. The summed E-state index contributed by atoms with van der Waals surface area (Å²) in [5.74, 6) is 1.39. The van der Waals surface area contributed by atoms with E-state index in [1.807, 2.05) is 24.4 Å². The van der Waals surface area contributed by atoms with Gasteiger partial charge >= 0.3 is 0 Å². The molecule has 1 aliphatic heterocycles. The van der Waals surface area contributed by atoms with Crippen molar-refractivity contribution in [2.45, 2.75) is 6.92 Å². The highest BCUT2D eigenvalue weighted by Gasteiger charge is 2.16. The number of ether oxygens (including phenoxy) is 2. The third-order valence-corrected chi connectivity index (χ3v) is 4.44. The van der Waals surface area contributed by atoms with E-state index < -0.39 is 0 Å². The van der Waals surface area contributed by atoms with Crippen LogP contribution in [0.5, 0.6) is 11.5 Å². The molecule has 0 atom stereocenters. The van der Waals surface area contributed by atoms with Gasteiger partial charge < -0.3 is 9.47 Å². The van der Waals surface area contributed by atoms with Crippen molar-refractivity contribution < 1.29 is 9.47 Å². The summed E-state index contributed by atoms with van der Waals surface area (Å²) in [7, 11) is 0. The van der Waals surface area contributed by atoms with Gasteiger partial charge in [-0.05, 0) is 30.7 Å². The molecular formula is C14H9BrN2O2S. The quantitative estimate of drug-likeness (QED) is 0.769. The van der Waals surface area contributed by atoms with E-state index in [1.165, 1.54) is 11.3 Å². The zero-order valence-electron chi connectivity index (χ0n) is 10.5. The van der Waals surface area contributed by atoms with Crippen molar-refractivity contribution in [2.75, 3.05) is 6.79 Å². The predicted octanol–water partition coefficient (Wildman–Crippen LogP) is 4.01. The molecule has 20 heavy (non-hydrogen) atoms. The second-order valence-electron chi connectivity index (χ2n) is 4.19. The number of halogens is 1. The minimum absolute atomic E-state index is 0.228.